The van der Waals surface area contributed by atoms with Gasteiger partial charge in [0.15, 0.2) is 0 Å². The number of esters is 1. The van der Waals surface area contributed by atoms with E-state index in [4.69, 9.17) is 0 Å². The van der Waals surface area contributed by atoms with Crippen molar-refractivity contribution in [3.8, 4) is 0 Å². The van der Waals surface area contributed by atoms with Gasteiger partial charge in [0.1, 0.15) is 6.04 Å². The number of carbonyl (C=O) groups is 2. The van der Waals surface area contributed by atoms with Gasteiger partial charge in [-0.3, -0.25) is 4.79 Å². The second-order valence-electron chi connectivity index (χ2n) is 7.09. The Labute approximate surface area is 186 Å². The summed E-state index contributed by atoms with van der Waals surface area (Å²) in [7, 11) is 0.888. The fourth-order valence-corrected chi connectivity index (χ4v) is 3.08. The number of hydrogen-bond acceptors (Lipinski definition) is 3. The zero-order valence-electron chi connectivity index (χ0n) is 17.2. The monoisotopic (exact) mass is 501 g/mol. The van der Waals surface area contributed by atoms with Gasteiger partial charge in [-0.1, -0.05) is 18.2 Å². The van der Waals surface area contributed by atoms with Crippen molar-refractivity contribution >= 4 is 11.9 Å². The van der Waals surface area contributed by atoms with Crippen LogP contribution in [0.3, 0.4) is 0 Å². The summed E-state index contributed by atoms with van der Waals surface area (Å²) >= 11 is 0. The van der Waals surface area contributed by atoms with Crippen LogP contribution in [0.2, 0.25) is 0 Å². The zero-order valence-corrected chi connectivity index (χ0v) is 17.2. The number of halogens is 9. The predicted octanol–water partition coefficient (Wildman–Crippen LogP) is 5.19. The number of rotatable bonds is 6. The van der Waals surface area contributed by atoms with Crippen LogP contribution in [0.25, 0.3) is 0 Å². The van der Waals surface area contributed by atoms with Crippen LogP contribution in [0, 0.1) is 0 Å². The van der Waals surface area contributed by atoms with Gasteiger partial charge in [-0.05, 0) is 35.4 Å². The molecule has 0 aromatic heterocycles. The Balaban J connectivity index is 2.31. The predicted molar refractivity (Wildman–Crippen MR) is 99.2 cm³/mol. The molecule has 2 rings (SSSR count). The molecule has 13 heteroatoms. The molecule has 2 aromatic rings. The largest absolute Gasteiger partial charge is 0.467 e. The molecular weight excluding hydrogens is 485 g/mol. The lowest BCUT2D eigenvalue weighted by atomic mass is 9.99. The fourth-order valence-electron chi connectivity index (χ4n) is 3.08. The van der Waals surface area contributed by atoms with Crippen LogP contribution in [0.5, 0.6) is 0 Å². The van der Waals surface area contributed by atoms with Gasteiger partial charge >= 0.3 is 24.5 Å². The number of amides is 1. The highest BCUT2D eigenvalue weighted by atomic mass is 19.4. The van der Waals surface area contributed by atoms with E-state index in [-0.39, 0.29) is 11.6 Å². The van der Waals surface area contributed by atoms with Crippen LogP contribution in [0.1, 0.15) is 27.8 Å². The van der Waals surface area contributed by atoms with E-state index in [0.29, 0.717) is 12.1 Å². The quantitative estimate of drug-likeness (QED) is 0.438. The molecule has 0 aliphatic rings. The molecule has 0 saturated carbocycles. The van der Waals surface area contributed by atoms with E-state index in [1.807, 2.05) is 5.32 Å². The molecule has 186 valence electrons. The molecule has 0 radical (unpaired) electrons. The third-order valence-corrected chi connectivity index (χ3v) is 4.58. The molecule has 0 aliphatic carbocycles. The van der Waals surface area contributed by atoms with Crippen LogP contribution in [0.15, 0.2) is 42.5 Å². The molecule has 0 unspecified atom stereocenters. The van der Waals surface area contributed by atoms with Crippen molar-refractivity contribution in [1.82, 2.24) is 5.32 Å². The summed E-state index contributed by atoms with van der Waals surface area (Å²) in [6.07, 6.45) is -16.8. The van der Waals surface area contributed by atoms with Gasteiger partial charge in [-0.25, -0.2) is 4.79 Å². The van der Waals surface area contributed by atoms with E-state index >= 15 is 0 Å². The van der Waals surface area contributed by atoms with Gasteiger partial charge in [0.05, 0.1) is 30.2 Å². The van der Waals surface area contributed by atoms with Crippen molar-refractivity contribution in [2.24, 2.45) is 0 Å². The topological polar surface area (TPSA) is 55.4 Å². The molecule has 1 N–H and O–H groups in total. The highest BCUT2D eigenvalue weighted by Gasteiger charge is 2.37. The van der Waals surface area contributed by atoms with Crippen molar-refractivity contribution in [3.63, 3.8) is 0 Å². The first-order valence-electron chi connectivity index (χ1n) is 9.33. The Bertz CT molecular complexity index is 1010. The minimum atomic E-state index is -5.14. The molecular formula is C21H16F9NO3. The summed E-state index contributed by atoms with van der Waals surface area (Å²) in [4.78, 5) is 24.4. The lowest BCUT2D eigenvalue weighted by Gasteiger charge is -2.20. The van der Waals surface area contributed by atoms with Gasteiger partial charge in [0, 0.05) is 6.42 Å². The van der Waals surface area contributed by atoms with E-state index in [0.717, 1.165) is 25.3 Å². The maximum atomic E-state index is 13.2. The molecule has 2 aromatic carbocycles. The normalized spacial score (nSPS) is 13.4. The van der Waals surface area contributed by atoms with Crippen LogP contribution in [-0.4, -0.2) is 25.0 Å². The molecule has 1 atom stereocenters. The van der Waals surface area contributed by atoms with E-state index in [1.165, 1.54) is 6.07 Å². The highest BCUT2D eigenvalue weighted by Crippen LogP contribution is 2.36. The van der Waals surface area contributed by atoms with E-state index in [1.54, 1.807) is 0 Å². The van der Waals surface area contributed by atoms with E-state index in [9.17, 15) is 49.1 Å². The van der Waals surface area contributed by atoms with Crippen molar-refractivity contribution in [2.75, 3.05) is 7.11 Å². The molecule has 0 bridgehead atoms. The van der Waals surface area contributed by atoms with Gasteiger partial charge in [-0.2, -0.15) is 39.5 Å². The van der Waals surface area contributed by atoms with Crippen LogP contribution >= 0.6 is 0 Å². The molecule has 1 amide bonds. The lowest BCUT2D eigenvalue weighted by molar-refractivity contribution is -0.145. The summed E-state index contributed by atoms with van der Waals surface area (Å²) in [5, 5.41) is 2.02. The van der Waals surface area contributed by atoms with Crippen molar-refractivity contribution in [3.05, 3.63) is 70.3 Å². The number of alkyl halides is 9. The average Bonchev–Trinajstić information content (AvgIpc) is 2.70. The van der Waals surface area contributed by atoms with Crippen molar-refractivity contribution < 1.29 is 53.8 Å². The van der Waals surface area contributed by atoms with Crippen LogP contribution in [-0.2, 0) is 45.7 Å². The van der Waals surface area contributed by atoms with E-state index in [2.05, 4.69) is 4.74 Å². The van der Waals surface area contributed by atoms with Crippen LogP contribution in [0.4, 0.5) is 39.5 Å². The summed E-state index contributed by atoms with van der Waals surface area (Å²) in [6.45, 7) is 0. The second kappa shape index (κ2) is 9.94. The summed E-state index contributed by atoms with van der Waals surface area (Å²) in [6, 6.07) is 3.01. The second-order valence-corrected chi connectivity index (χ2v) is 7.09. The Hall–Kier alpha value is -3.25. The molecule has 0 spiro atoms. The first-order chi connectivity index (χ1) is 15.5. The minimum Gasteiger partial charge on any atom is -0.467 e. The SMILES string of the molecule is COC(=O)[C@H](Cc1ccccc1C(F)(F)F)NC(=O)Cc1cc(C(F)(F)F)cc(C(F)(F)F)c1. The maximum absolute atomic E-state index is 13.2. The minimum absolute atomic E-state index is 0.118. The molecule has 0 fully saturated rings. The first-order valence-corrected chi connectivity index (χ1v) is 9.33. The standard InChI is InChI=1S/C21H16F9NO3/c1-34-18(33)16(9-12-4-2-3-5-15(12)21(28,29)30)31-17(32)8-11-6-13(19(22,23)24)10-14(7-11)20(25,26)27/h2-7,10,16H,8-9H2,1H3,(H,31,32)/t16-/m0/s1. The van der Waals surface area contributed by atoms with Crippen LogP contribution < -0.4 is 5.32 Å². The van der Waals surface area contributed by atoms with Gasteiger partial charge in [-0.15, -0.1) is 0 Å². The Morgan fingerprint density at radius 1 is 0.853 bits per heavy atom. The first kappa shape index (κ1) is 27.0. The average molecular weight is 501 g/mol. The summed E-state index contributed by atoms with van der Waals surface area (Å²) in [5.41, 5.74) is -5.43. The number of benzene rings is 2. The number of hydrogen-bond donors (Lipinski definition) is 1. The zero-order chi connectivity index (χ0) is 25.9. The Kier molecular flexibility index (Phi) is 7.89. The Morgan fingerprint density at radius 3 is 1.85 bits per heavy atom. The lowest BCUT2D eigenvalue weighted by Crippen LogP contribution is -2.44. The number of methoxy groups -OCH3 is 1. The van der Waals surface area contributed by atoms with Crippen molar-refractivity contribution in [1.29, 1.82) is 0 Å². The highest BCUT2D eigenvalue weighted by molar-refractivity contribution is 5.86. The molecule has 34 heavy (non-hydrogen) atoms. The van der Waals surface area contributed by atoms with Gasteiger partial charge in [0.25, 0.3) is 0 Å². The number of carbonyl (C=O) groups excluding carboxylic acids is 2. The van der Waals surface area contributed by atoms with Gasteiger partial charge < -0.3 is 10.1 Å². The van der Waals surface area contributed by atoms with Gasteiger partial charge in [0.2, 0.25) is 5.91 Å². The fraction of sp³-hybridized carbons (Fsp3) is 0.333. The maximum Gasteiger partial charge on any atom is 0.416 e. The summed E-state index contributed by atoms with van der Waals surface area (Å²) < 4.78 is 122. The third kappa shape index (κ3) is 7.12. The smallest absolute Gasteiger partial charge is 0.416 e. The number of nitrogens with one attached hydrogen (secondary N) is 1. The Morgan fingerprint density at radius 2 is 1.38 bits per heavy atom. The number of ether oxygens (including phenoxy) is 1. The summed E-state index contributed by atoms with van der Waals surface area (Å²) in [5.74, 6) is -2.36. The molecule has 0 aliphatic heterocycles. The van der Waals surface area contributed by atoms with E-state index < -0.39 is 71.5 Å². The molecule has 0 saturated heterocycles. The third-order valence-electron chi connectivity index (χ3n) is 4.58. The molecule has 0 heterocycles. The molecule has 4 nitrogen and oxygen atoms in total. The van der Waals surface area contributed by atoms with Crippen molar-refractivity contribution in [2.45, 2.75) is 37.4 Å².